The van der Waals surface area contributed by atoms with Crippen LogP contribution in [0.2, 0.25) is 0 Å². The highest BCUT2D eigenvalue weighted by Gasteiger charge is 2.62. The zero-order chi connectivity index (χ0) is 55.5. The average Bonchev–Trinajstić information content (AvgIpc) is 4.11. The van der Waals surface area contributed by atoms with Crippen LogP contribution < -0.4 is 18.9 Å². The van der Waals surface area contributed by atoms with Gasteiger partial charge in [-0.2, -0.15) is 0 Å². The van der Waals surface area contributed by atoms with E-state index in [4.69, 9.17) is 75.8 Å². The fourth-order valence-electron chi connectivity index (χ4n) is 9.66. The summed E-state index contributed by atoms with van der Waals surface area (Å²) in [6.45, 7) is 14.0. The third-order valence-electron chi connectivity index (χ3n) is 12.9. The van der Waals surface area contributed by atoms with Gasteiger partial charge in [0.25, 0.3) is 0 Å². The number of allylic oxidation sites excluding steroid dienone is 2. The number of fused-ring (bicyclic) bond motifs is 6. The largest absolute Gasteiger partial charge is 0.493 e. The van der Waals surface area contributed by atoms with Crippen molar-refractivity contribution in [1.29, 1.82) is 0 Å². The highest BCUT2D eigenvalue weighted by Crippen LogP contribution is 2.46. The van der Waals surface area contributed by atoms with Crippen molar-refractivity contribution in [3.05, 3.63) is 59.7 Å². The number of carbonyl (C=O) groups excluding carboxylic acids is 6. The number of ketones is 2. The Morgan fingerprint density at radius 3 is 1.19 bits per heavy atom. The van der Waals surface area contributed by atoms with Crippen LogP contribution in [0, 0.1) is 0 Å². The predicted molar refractivity (Wildman–Crippen MR) is 265 cm³/mol. The van der Waals surface area contributed by atoms with Crippen molar-refractivity contribution in [3.8, 4) is 23.0 Å². The van der Waals surface area contributed by atoms with Crippen LogP contribution in [0.1, 0.15) is 111 Å². The van der Waals surface area contributed by atoms with Gasteiger partial charge in [-0.05, 0) is 116 Å². The molecule has 6 aliphatic heterocycles. The highest BCUT2D eigenvalue weighted by atomic mass is 16.9. The van der Waals surface area contributed by atoms with Gasteiger partial charge in [-0.25, -0.2) is 0 Å². The molecular weight excluding hydrogens is 1010 g/mol. The topological polar surface area (TPSA) is 250 Å². The fraction of sp³-hybridized carbons (Fsp3) is 0.600. The summed E-state index contributed by atoms with van der Waals surface area (Å²) in [4.78, 5) is 76.4. The van der Waals surface area contributed by atoms with Crippen molar-refractivity contribution in [3.63, 3.8) is 0 Å². The molecule has 0 bridgehead atoms. The number of hydrogen-bond acceptors (Lipinski definition) is 22. The molecular formula is C55H68O22. The molecule has 6 heterocycles. The minimum Gasteiger partial charge on any atom is -0.493 e. The molecule has 8 rings (SSSR count). The van der Waals surface area contributed by atoms with E-state index in [2.05, 4.69) is 0 Å². The molecule has 0 spiro atoms. The van der Waals surface area contributed by atoms with Gasteiger partial charge in [0.1, 0.15) is 62.0 Å². The summed E-state index contributed by atoms with van der Waals surface area (Å²) in [7, 11) is 2.79. The standard InChI is InChI=1S/C55H68O22/c1-52(2)70-44-38(68-50-48(46(44)72-52)74-54(5,6)76-50)28-64-40(58)13-11-15-42(60)66-34-23-19-30(25-36(34)62-9)17-21-32(56)27-33(57)22-18-31-20-24-35(37(26-31)63-10)67-43(61)16-12-14-41(59)65-29-39-45-47(73-53(3,4)71-45)49-51(69-39)77-55(7,8)75-49/h17-26,38-39,44-51H,11-16,27-29H2,1-10H3/t38-,39-,44+,45+,46+,47+,48-,49-,50-,51-/m1/s1. The molecule has 6 fully saturated rings. The summed E-state index contributed by atoms with van der Waals surface area (Å²) in [6, 6.07) is 9.33. The first-order valence-electron chi connectivity index (χ1n) is 25.6. The van der Waals surface area contributed by atoms with E-state index in [1.54, 1.807) is 79.7 Å². The minimum absolute atomic E-state index is 0.0576. The maximum Gasteiger partial charge on any atom is 0.311 e. The Morgan fingerprint density at radius 1 is 0.455 bits per heavy atom. The first kappa shape index (κ1) is 57.5. The quantitative estimate of drug-likeness (QED) is 0.0568. The van der Waals surface area contributed by atoms with E-state index in [-0.39, 0.29) is 74.7 Å². The van der Waals surface area contributed by atoms with Crippen LogP contribution in [0.4, 0.5) is 0 Å². The molecule has 2 aromatic carbocycles. The Kier molecular flexibility index (Phi) is 17.7. The van der Waals surface area contributed by atoms with Gasteiger partial charge in [-0.1, -0.05) is 24.3 Å². The summed E-state index contributed by atoms with van der Waals surface area (Å²) >= 11 is 0. The van der Waals surface area contributed by atoms with Gasteiger partial charge in [0.15, 0.2) is 70.3 Å². The number of hydrogen-bond donors (Lipinski definition) is 0. The van der Waals surface area contributed by atoms with Crippen LogP contribution in [0.25, 0.3) is 12.2 Å². The molecule has 0 aromatic heterocycles. The monoisotopic (exact) mass is 1080 g/mol. The maximum atomic E-state index is 12.8. The van der Waals surface area contributed by atoms with Gasteiger partial charge in [0, 0.05) is 25.7 Å². The molecule has 6 aliphatic rings. The number of rotatable bonds is 22. The second-order valence-corrected chi connectivity index (χ2v) is 21.0. The van der Waals surface area contributed by atoms with Crippen molar-refractivity contribution in [2.45, 2.75) is 185 Å². The third-order valence-corrected chi connectivity index (χ3v) is 12.9. The first-order valence-corrected chi connectivity index (χ1v) is 25.6. The Morgan fingerprint density at radius 2 is 0.805 bits per heavy atom. The molecule has 10 atom stereocenters. The van der Waals surface area contributed by atoms with Crippen LogP contribution in [-0.2, 0) is 85.6 Å². The smallest absolute Gasteiger partial charge is 0.311 e. The lowest BCUT2D eigenvalue weighted by molar-refractivity contribution is -0.242. The Labute approximate surface area is 446 Å². The lowest BCUT2D eigenvalue weighted by Gasteiger charge is -2.36. The van der Waals surface area contributed by atoms with Crippen molar-refractivity contribution in [1.82, 2.24) is 0 Å². The molecule has 0 radical (unpaired) electrons. The van der Waals surface area contributed by atoms with Crippen molar-refractivity contribution < 1.29 is 105 Å². The summed E-state index contributed by atoms with van der Waals surface area (Å²) in [6.07, 6.45) is -0.804. The van der Waals surface area contributed by atoms with E-state index in [0.717, 1.165) is 0 Å². The number of ether oxygens (including phenoxy) is 16. The summed E-state index contributed by atoms with van der Waals surface area (Å²) in [5.74, 6) is -6.10. The zero-order valence-electron chi connectivity index (χ0n) is 44.9. The van der Waals surface area contributed by atoms with Gasteiger partial charge in [0.2, 0.25) is 0 Å². The molecule has 6 saturated heterocycles. The maximum absolute atomic E-state index is 12.8. The normalized spacial score (nSPS) is 29.0. The Bertz CT molecular complexity index is 2410. The third kappa shape index (κ3) is 14.9. The van der Waals surface area contributed by atoms with Crippen LogP contribution in [0.15, 0.2) is 48.6 Å². The van der Waals surface area contributed by atoms with E-state index >= 15 is 0 Å². The van der Waals surface area contributed by atoms with Crippen molar-refractivity contribution in [2.75, 3.05) is 27.4 Å². The molecule has 22 heteroatoms. The van der Waals surface area contributed by atoms with Gasteiger partial charge < -0.3 is 75.8 Å². The molecule has 420 valence electrons. The van der Waals surface area contributed by atoms with E-state index < -0.39 is 126 Å². The van der Waals surface area contributed by atoms with Gasteiger partial charge >= 0.3 is 23.9 Å². The van der Waals surface area contributed by atoms with Gasteiger partial charge in [-0.3, -0.25) is 28.8 Å². The van der Waals surface area contributed by atoms with Gasteiger partial charge in [-0.15, -0.1) is 0 Å². The molecule has 0 aliphatic carbocycles. The molecule has 2 aromatic rings. The summed E-state index contributed by atoms with van der Waals surface area (Å²) < 4.78 is 93.2. The molecule has 0 amide bonds. The molecule has 0 unspecified atom stereocenters. The summed E-state index contributed by atoms with van der Waals surface area (Å²) in [5, 5.41) is 0. The lowest BCUT2D eigenvalue weighted by atomic mass is 9.99. The SMILES string of the molecule is COc1cc(C=CC(=O)CC(=O)C=Cc2ccc(OC(=O)CCCC(=O)OC[C@H]3O[C@@H]4OC(C)(C)O[C@@H]4[C@H]4OC(C)(C)O[C@H]43)c(OC)c2)ccc1OC(=O)CCCC(=O)OC[C@H]1O[C@@H]2OC(C)(C)O[C@@H]2[C@H]2OC(C)(C)O[C@H]21. The highest BCUT2D eigenvalue weighted by molar-refractivity contribution is 6.11. The van der Waals surface area contributed by atoms with E-state index in [1.807, 2.05) is 0 Å². The Balaban J connectivity index is 0.717. The van der Waals surface area contributed by atoms with E-state index in [0.29, 0.717) is 11.1 Å². The minimum atomic E-state index is -0.898. The molecule has 0 N–H and O–H groups in total. The van der Waals surface area contributed by atoms with Crippen LogP contribution >= 0.6 is 0 Å². The first-order chi connectivity index (χ1) is 36.4. The summed E-state index contributed by atoms with van der Waals surface area (Å²) in [5.41, 5.74) is 1.07. The number of esters is 4. The lowest BCUT2D eigenvalue weighted by Crippen LogP contribution is -2.56. The number of methoxy groups -OCH3 is 2. The average molecular weight is 1080 g/mol. The van der Waals surface area contributed by atoms with Crippen molar-refractivity contribution in [2.24, 2.45) is 0 Å². The predicted octanol–water partition coefficient (Wildman–Crippen LogP) is 5.99. The van der Waals surface area contributed by atoms with Crippen molar-refractivity contribution >= 4 is 47.6 Å². The number of benzene rings is 2. The Hall–Kier alpha value is -5.66. The molecule has 77 heavy (non-hydrogen) atoms. The van der Waals surface area contributed by atoms with Gasteiger partial charge in [0.05, 0.1) is 20.6 Å². The van der Waals surface area contributed by atoms with Crippen LogP contribution in [-0.4, -0.2) is 147 Å². The van der Waals surface area contributed by atoms with Crippen LogP contribution in [0.3, 0.4) is 0 Å². The zero-order valence-corrected chi connectivity index (χ0v) is 44.9. The molecule has 0 saturated carbocycles. The second-order valence-electron chi connectivity index (χ2n) is 21.0. The molecule has 22 nitrogen and oxygen atoms in total. The van der Waals surface area contributed by atoms with Crippen LogP contribution in [0.5, 0.6) is 23.0 Å². The van der Waals surface area contributed by atoms with E-state index in [1.165, 1.54) is 50.7 Å². The fourth-order valence-corrected chi connectivity index (χ4v) is 9.66. The second kappa shape index (κ2) is 23.7. The number of carbonyl (C=O) groups is 6. The van der Waals surface area contributed by atoms with E-state index in [9.17, 15) is 28.8 Å².